The summed E-state index contributed by atoms with van der Waals surface area (Å²) in [5, 5.41) is 9.34. The average molecular weight is 395 g/mol. The lowest BCUT2D eigenvalue weighted by Crippen LogP contribution is -2.70. The van der Waals surface area contributed by atoms with Crippen molar-refractivity contribution in [2.75, 3.05) is 0 Å². The van der Waals surface area contributed by atoms with Crippen molar-refractivity contribution in [3.8, 4) is 6.07 Å². The van der Waals surface area contributed by atoms with Gasteiger partial charge in [-0.25, -0.2) is 0 Å². The highest BCUT2D eigenvalue weighted by molar-refractivity contribution is 8.04. The molecular formula is C18H14BF4NS2. The molecule has 4 aliphatic rings. The lowest BCUT2D eigenvalue weighted by molar-refractivity contribution is -0.0211. The molecule has 3 saturated carbocycles. The van der Waals surface area contributed by atoms with Crippen LogP contribution in [0.5, 0.6) is 0 Å². The molecule has 1 nitrogen and oxygen atoms in total. The molecule has 0 saturated heterocycles. The Morgan fingerprint density at radius 2 is 1.31 bits per heavy atom. The van der Waals surface area contributed by atoms with Gasteiger partial charge in [-0.1, -0.05) is 36.0 Å². The number of nitrogens with zero attached hydrogens (tertiary/aromatic N) is 1. The zero-order valence-electron chi connectivity index (χ0n) is 13.6. The lowest BCUT2D eigenvalue weighted by Gasteiger charge is -2.63. The topological polar surface area (TPSA) is 23.8 Å². The highest BCUT2D eigenvalue weighted by atomic mass is 32.2. The second-order valence-electron chi connectivity index (χ2n) is 6.90. The van der Waals surface area contributed by atoms with Crippen LogP contribution in [0.4, 0.5) is 17.3 Å². The maximum Gasteiger partial charge on any atom is 0.673 e. The van der Waals surface area contributed by atoms with E-state index >= 15 is 0 Å². The van der Waals surface area contributed by atoms with Crippen LogP contribution in [-0.4, -0.2) is 12.0 Å². The van der Waals surface area contributed by atoms with Gasteiger partial charge in [0.1, 0.15) is 4.75 Å². The Morgan fingerprint density at radius 1 is 0.885 bits per heavy atom. The second kappa shape index (κ2) is 5.96. The summed E-state index contributed by atoms with van der Waals surface area (Å²) in [5.74, 6) is 0. The molecule has 0 spiro atoms. The predicted molar refractivity (Wildman–Crippen MR) is 95.7 cm³/mol. The Kier molecular flexibility index (Phi) is 4.09. The SMILES string of the molecule is F[B-](F)(F)F.N#CC12CC([S+]3c4ccccc4Sc4ccccc43)(C1)C2. The number of halogens is 4. The molecule has 3 fully saturated rings. The summed E-state index contributed by atoms with van der Waals surface area (Å²) < 4.78 is 39.4. The number of rotatable bonds is 1. The molecule has 0 unspecified atom stereocenters. The number of benzene rings is 2. The molecule has 134 valence electrons. The molecule has 26 heavy (non-hydrogen) atoms. The van der Waals surface area contributed by atoms with Crippen LogP contribution in [0.25, 0.3) is 0 Å². The zero-order chi connectivity index (χ0) is 18.6. The van der Waals surface area contributed by atoms with E-state index in [1.54, 1.807) is 0 Å². The van der Waals surface area contributed by atoms with Crippen molar-refractivity contribution in [3.63, 3.8) is 0 Å². The summed E-state index contributed by atoms with van der Waals surface area (Å²) in [5.41, 5.74) is 0.0292. The fraction of sp³-hybridized carbons (Fsp3) is 0.278. The molecule has 2 aromatic carbocycles. The third-order valence-electron chi connectivity index (χ3n) is 5.01. The van der Waals surface area contributed by atoms with E-state index in [1.165, 1.54) is 19.6 Å². The van der Waals surface area contributed by atoms with Crippen molar-refractivity contribution in [1.82, 2.24) is 0 Å². The Bertz CT molecular complexity index is 837. The molecule has 0 radical (unpaired) electrons. The van der Waals surface area contributed by atoms with Gasteiger partial charge in [-0.3, -0.25) is 0 Å². The van der Waals surface area contributed by atoms with Crippen molar-refractivity contribution >= 4 is 29.9 Å². The van der Waals surface area contributed by atoms with Crippen LogP contribution in [0, 0.1) is 16.7 Å². The van der Waals surface area contributed by atoms with Gasteiger partial charge >= 0.3 is 7.25 Å². The van der Waals surface area contributed by atoms with Crippen molar-refractivity contribution in [3.05, 3.63) is 48.5 Å². The third-order valence-corrected chi connectivity index (χ3v) is 9.31. The van der Waals surface area contributed by atoms with Gasteiger partial charge in [0.05, 0.1) is 32.2 Å². The molecule has 0 N–H and O–H groups in total. The van der Waals surface area contributed by atoms with Gasteiger partial charge in [-0.05, 0) is 24.3 Å². The maximum atomic E-state index is 9.75. The van der Waals surface area contributed by atoms with Crippen LogP contribution in [0.2, 0.25) is 0 Å². The first-order valence-corrected chi connectivity index (χ1v) is 10.2. The molecule has 0 amide bonds. The first kappa shape index (κ1) is 17.8. The molecule has 8 heteroatoms. The minimum absolute atomic E-state index is 0.0292. The Morgan fingerprint density at radius 3 is 1.73 bits per heavy atom. The van der Waals surface area contributed by atoms with Crippen LogP contribution in [-0.2, 0) is 10.9 Å². The van der Waals surface area contributed by atoms with E-state index in [4.69, 9.17) is 0 Å². The smallest absolute Gasteiger partial charge is 0.418 e. The zero-order valence-corrected chi connectivity index (χ0v) is 15.2. The first-order chi connectivity index (χ1) is 12.3. The van der Waals surface area contributed by atoms with E-state index in [2.05, 4.69) is 54.6 Å². The van der Waals surface area contributed by atoms with Crippen LogP contribution < -0.4 is 0 Å². The lowest BCUT2D eigenvalue weighted by atomic mass is 9.44. The summed E-state index contributed by atoms with van der Waals surface area (Å²) in [6, 6.07) is 20.3. The van der Waals surface area contributed by atoms with Crippen molar-refractivity contribution in [2.24, 2.45) is 5.41 Å². The van der Waals surface area contributed by atoms with E-state index in [-0.39, 0.29) is 16.3 Å². The quantitative estimate of drug-likeness (QED) is 0.339. The normalized spacial score (nSPS) is 28.3. The number of fused-ring (bicyclic) bond motifs is 2. The first-order valence-electron chi connectivity index (χ1n) is 8.14. The van der Waals surface area contributed by atoms with E-state index in [1.807, 2.05) is 11.8 Å². The van der Waals surface area contributed by atoms with Crippen LogP contribution in [0.15, 0.2) is 68.1 Å². The molecule has 6 rings (SSSR count). The summed E-state index contributed by atoms with van der Waals surface area (Å²) in [4.78, 5) is 5.84. The molecule has 1 heterocycles. The van der Waals surface area contributed by atoms with Crippen molar-refractivity contribution in [1.29, 1.82) is 5.26 Å². The van der Waals surface area contributed by atoms with Gasteiger partial charge in [0.25, 0.3) is 0 Å². The van der Waals surface area contributed by atoms with E-state index in [9.17, 15) is 22.5 Å². The van der Waals surface area contributed by atoms with Crippen molar-refractivity contribution in [2.45, 2.75) is 43.6 Å². The summed E-state index contributed by atoms with van der Waals surface area (Å²) in [6.45, 7) is 0. The molecule has 3 aliphatic carbocycles. The third kappa shape index (κ3) is 2.91. The Balaban J connectivity index is 0.000000301. The maximum absolute atomic E-state index is 9.75. The fourth-order valence-corrected chi connectivity index (χ4v) is 9.16. The minimum Gasteiger partial charge on any atom is -0.418 e. The molecule has 2 bridgehead atoms. The summed E-state index contributed by atoms with van der Waals surface area (Å²) >= 11 is 1.90. The highest BCUT2D eigenvalue weighted by Gasteiger charge is 2.79. The van der Waals surface area contributed by atoms with Gasteiger partial charge in [-0.2, -0.15) is 5.26 Å². The van der Waals surface area contributed by atoms with Crippen molar-refractivity contribution < 1.29 is 17.3 Å². The van der Waals surface area contributed by atoms with Crippen LogP contribution >= 0.6 is 11.8 Å². The summed E-state index contributed by atoms with van der Waals surface area (Å²) in [7, 11) is -5.85. The number of nitriles is 1. The summed E-state index contributed by atoms with van der Waals surface area (Å²) in [6.07, 6.45) is 3.31. The second-order valence-corrected chi connectivity index (χ2v) is 10.3. The highest BCUT2D eigenvalue weighted by Crippen LogP contribution is 2.74. The van der Waals surface area contributed by atoms with Gasteiger partial charge in [0, 0.05) is 19.3 Å². The average Bonchev–Trinajstić information content (AvgIpc) is 2.50. The standard InChI is InChI=1S/C18H14NS2.BF4/c19-12-17-9-18(10-17,11-17)21-15-7-3-1-5-13(15)20-14-6-2-4-8-16(14)21;2-1(3,4)5/h1-8H,9-11H2;/q+1;-1. The van der Waals surface area contributed by atoms with Gasteiger partial charge in [0.15, 0.2) is 9.79 Å². The Labute approximate surface area is 156 Å². The van der Waals surface area contributed by atoms with E-state index < -0.39 is 7.25 Å². The van der Waals surface area contributed by atoms with Gasteiger partial charge in [-0.15, -0.1) is 0 Å². The van der Waals surface area contributed by atoms with Crippen LogP contribution in [0.1, 0.15) is 19.3 Å². The number of hydrogen-bond acceptors (Lipinski definition) is 2. The predicted octanol–water partition coefficient (Wildman–Crippen LogP) is 5.93. The molecule has 2 aromatic rings. The van der Waals surface area contributed by atoms with Gasteiger partial charge in [0.2, 0.25) is 0 Å². The van der Waals surface area contributed by atoms with E-state index in [0.29, 0.717) is 4.75 Å². The molecular weight excluding hydrogens is 381 g/mol. The van der Waals surface area contributed by atoms with E-state index in [0.717, 1.165) is 19.3 Å². The van der Waals surface area contributed by atoms with Crippen LogP contribution in [0.3, 0.4) is 0 Å². The monoisotopic (exact) mass is 395 g/mol. The minimum atomic E-state index is -6.00. The largest absolute Gasteiger partial charge is 0.673 e. The number of hydrogen-bond donors (Lipinski definition) is 0. The van der Waals surface area contributed by atoms with Gasteiger partial charge < -0.3 is 17.3 Å². The molecule has 0 atom stereocenters. The fourth-order valence-electron chi connectivity index (χ4n) is 4.14. The Hall–Kier alpha value is -1.59. The molecule has 1 aliphatic heterocycles. The molecule has 0 aromatic heterocycles.